The molecule has 1 aliphatic rings. The van der Waals surface area contributed by atoms with Crippen molar-refractivity contribution in [2.24, 2.45) is 0 Å². The van der Waals surface area contributed by atoms with Gasteiger partial charge in [0.25, 0.3) is 0 Å². The normalized spacial score (nSPS) is 17.9. The monoisotopic (exact) mass is 583 g/mol. The van der Waals surface area contributed by atoms with E-state index in [-0.39, 0.29) is 24.4 Å². The molecule has 2 atom stereocenters. The standard InChI is InChI=1S/C26H29BrF3N3O4/c1-5-37-21(34)13-20-24(36)33(14-15-6-9-17(27)10-7-15)22(23(35)32-25(2,3)4)18-11-8-16(26(28,29)30)12-19(18)31-20/h6-12,20,22,31H,5,13-14H2,1-4H3,(H,32,35)/t20-,22+/m0/s1. The number of carbonyl (C=O) groups is 3. The third-order valence-corrected chi connectivity index (χ3v) is 6.12. The van der Waals surface area contributed by atoms with Crippen LogP contribution in [0.5, 0.6) is 0 Å². The lowest BCUT2D eigenvalue weighted by molar-refractivity contribution is -0.148. The number of carbonyl (C=O) groups excluding carboxylic acids is 3. The molecule has 0 aromatic heterocycles. The highest BCUT2D eigenvalue weighted by Gasteiger charge is 2.42. The SMILES string of the molecule is CCOC(=O)C[C@@H]1Nc2cc(C(F)(F)F)ccc2[C@H](C(=O)NC(C)(C)C)N(Cc2ccc(Br)cc2)C1=O. The molecular formula is C26H29BrF3N3O4. The van der Waals surface area contributed by atoms with Gasteiger partial charge in [0.15, 0.2) is 0 Å². The summed E-state index contributed by atoms with van der Waals surface area (Å²) >= 11 is 3.36. The zero-order chi connectivity index (χ0) is 27.5. The van der Waals surface area contributed by atoms with Crippen LogP contribution < -0.4 is 10.6 Å². The van der Waals surface area contributed by atoms with Crippen LogP contribution in [0.15, 0.2) is 46.9 Å². The summed E-state index contributed by atoms with van der Waals surface area (Å²) in [4.78, 5) is 41.0. The van der Waals surface area contributed by atoms with Crippen LogP contribution in [0.3, 0.4) is 0 Å². The van der Waals surface area contributed by atoms with Crippen LogP contribution in [0.2, 0.25) is 0 Å². The Kier molecular flexibility index (Phi) is 8.56. The van der Waals surface area contributed by atoms with Crippen LogP contribution in [0.4, 0.5) is 18.9 Å². The summed E-state index contributed by atoms with van der Waals surface area (Å²) in [6.45, 7) is 6.95. The molecule has 0 radical (unpaired) electrons. The average molecular weight is 584 g/mol. The highest BCUT2D eigenvalue weighted by Crippen LogP contribution is 2.39. The van der Waals surface area contributed by atoms with Crippen molar-refractivity contribution in [2.45, 2.75) is 64.5 Å². The van der Waals surface area contributed by atoms with Crippen molar-refractivity contribution in [3.05, 3.63) is 63.6 Å². The third kappa shape index (κ3) is 7.24. The number of fused-ring (bicyclic) bond motifs is 1. The average Bonchev–Trinajstić information content (AvgIpc) is 2.88. The topological polar surface area (TPSA) is 87.7 Å². The van der Waals surface area contributed by atoms with Crippen LogP contribution in [-0.4, -0.2) is 40.9 Å². The molecule has 0 saturated carbocycles. The minimum Gasteiger partial charge on any atom is -0.466 e. The molecule has 2 N–H and O–H groups in total. The highest BCUT2D eigenvalue weighted by molar-refractivity contribution is 9.10. The molecule has 11 heteroatoms. The highest BCUT2D eigenvalue weighted by atomic mass is 79.9. The van der Waals surface area contributed by atoms with Gasteiger partial charge in [-0.3, -0.25) is 14.4 Å². The van der Waals surface area contributed by atoms with E-state index in [1.165, 1.54) is 11.0 Å². The summed E-state index contributed by atoms with van der Waals surface area (Å²) < 4.78 is 46.5. The van der Waals surface area contributed by atoms with E-state index in [1.54, 1.807) is 52.0 Å². The molecule has 0 unspecified atom stereocenters. The Balaban J connectivity index is 2.18. The molecule has 200 valence electrons. The van der Waals surface area contributed by atoms with E-state index in [2.05, 4.69) is 26.6 Å². The summed E-state index contributed by atoms with van der Waals surface area (Å²) in [7, 11) is 0. The fraction of sp³-hybridized carbons (Fsp3) is 0.423. The molecule has 0 aliphatic carbocycles. The summed E-state index contributed by atoms with van der Waals surface area (Å²) in [5, 5.41) is 5.65. The van der Waals surface area contributed by atoms with Gasteiger partial charge in [-0.05, 0) is 57.5 Å². The maximum absolute atomic E-state index is 13.8. The Morgan fingerprint density at radius 2 is 1.76 bits per heavy atom. The van der Waals surface area contributed by atoms with Gasteiger partial charge in [-0.2, -0.15) is 13.2 Å². The fourth-order valence-electron chi connectivity index (χ4n) is 4.04. The van der Waals surface area contributed by atoms with Crippen molar-refractivity contribution in [1.82, 2.24) is 10.2 Å². The molecule has 7 nitrogen and oxygen atoms in total. The summed E-state index contributed by atoms with van der Waals surface area (Å²) in [6, 6.07) is 7.53. The van der Waals surface area contributed by atoms with E-state index in [0.29, 0.717) is 5.56 Å². The number of nitrogens with zero attached hydrogens (tertiary/aromatic N) is 1. The molecule has 2 aromatic rings. The third-order valence-electron chi connectivity index (χ3n) is 5.59. The first-order valence-electron chi connectivity index (χ1n) is 11.7. The Bertz CT molecular complexity index is 1160. The second kappa shape index (κ2) is 11.1. The molecule has 0 spiro atoms. The first kappa shape index (κ1) is 28.5. The van der Waals surface area contributed by atoms with E-state index >= 15 is 0 Å². The molecule has 1 heterocycles. The summed E-state index contributed by atoms with van der Waals surface area (Å²) in [5.74, 6) is -1.87. The maximum atomic E-state index is 13.8. The number of alkyl halides is 3. The van der Waals surface area contributed by atoms with Gasteiger partial charge in [-0.15, -0.1) is 0 Å². The van der Waals surface area contributed by atoms with E-state index in [4.69, 9.17) is 4.74 Å². The quantitative estimate of drug-likeness (QED) is 0.456. The number of ether oxygens (including phenoxy) is 1. The Labute approximate surface area is 221 Å². The van der Waals surface area contributed by atoms with E-state index in [9.17, 15) is 27.6 Å². The number of rotatable bonds is 6. The van der Waals surface area contributed by atoms with Crippen LogP contribution in [-0.2, 0) is 31.8 Å². The molecular weight excluding hydrogens is 555 g/mol. The van der Waals surface area contributed by atoms with Gasteiger partial charge in [0, 0.05) is 27.8 Å². The number of hydrogen-bond acceptors (Lipinski definition) is 5. The van der Waals surface area contributed by atoms with Crippen molar-refractivity contribution in [3.63, 3.8) is 0 Å². The van der Waals surface area contributed by atoms with Gasteiger partial charge in [-0.1, -0.05) is 34.1 Å². The number of esters is 1. The maximum Gasteiger partial charge on any atom is 0.416 e. The predicted molar refractivity (Wildman–Crippen MR) is 135 cm³/mol. The van der Waals surface area contributed by atoms with Crippen LogP contribution in [0.25, 0.3) is 0 Å². The van der Waals surface area contributed by atoms with Gasteiger partial charge in [0.05, 0.1) is 18.6 Å². The van der Waals surface area contributed by atoms with Crippen molar-refractivity contribution in [3.8, 4) is 0 Å². The van der Waals surface area contributed by atoms with E-state index in [1.807, 2.05) is 0 Å². The molecule has 37 heavy (non-hydrogen) atoms. The summed E-state index contributed by atoms with van der Waals surface area (Å²) in [5.41, 5.74) is -0.802. The largest absolute Gasteiger partial charge is 0.466 e. The van der Waals surface area contributed by atoms with E-state index in [0.717, 1.165) is 16.6 Å². The predicted octanol–water partition coefficient (Wildman–Crippen LogP) is 5.20. The van der Waals surface area contributed by atoms with E-state index < -0.39 is 53.6 Å². The first-order chi connectivity index (χ1) is 17.2. The molecule has 0 bridgehead atoms. The lowest BCUT2D eigenvalue weighted by atomic mass is 9.98. The number of anilines is 1. The molecule has 1 aliphatic heterocycles. The van der Waals surface area contributed by atoms with Crippen molar-refractivity contribution >= 4 is 39.4 Å². The van der Waals surface area contributed by atoms with Crippen LogP contribution in [0.1, 0.15) is 56.8 Å². The van der Waals surface area contributed by atoms with Crippen molar-refractivity contribution < 1.29 is 32.3 Å². The number of halogens is 4. The second-order valence-electron chi connectivity index (χ2n) is 9.74. The Hall–Kier alpha value is -3.08. The van der Waals surface area contributed by atoms with Gasteiger partial charge in [-0.25, -0.2) is 0 Å². The Morgan fingerprint density at radius 3 is 2.32 bits per heavy atom. The van der Waals surface area contributed by atoms with Crippen LogP contribution >= 0.6 is 15.9 Å². The lowest BCUT2D eigenvalue weighted by Gasteiger charge is -2.33. The number of nitrogens with one attached hydrogen (secondary N) is 2. The van der Waals surface area contributed by atoms with Crippen LogP contribution in [0, 0.1) is 0 Å². The molecule has 3 rings (SSSR count). The second-order valence-corrected chi connectivity index (χ2v) is 10.7. The Morgan fingerprint density at radius 1 is 1.11 bits per heavy atom. The van der Waals surface area contributed by atoms with Gasteiger partial charge < -0.3 is 20.3 Å². The van der Waals surface area contributed by atoms with Gasteiger partial charge >= 0.3 is 12.1 Å². The first-order valence-corrected chi connectivity index (χ1v) is 12.5. The molecule has 0 saturated heterocycles. The van der Waals surface area contributed by atoms with Gasteiger partial charge in [0.1, 0.15) is 12.1 Å². The minimum absolute atomic E-state index is 0.0180. The van der Waals surface area contributed by atoms with Crippen molar-refractivity contribution in [1.29, 1.82) is 0 Å². The smallest absolute Gasteiger partial charge is 0.416 e. The number of benzene rings is 2. The molecule has 2 amide bonds. The molecule has 0 fully saturated rings. The fourth-order valence-corrected chi connectivity index (χ4v) is 4.31. The van der Waals surface area contributed by atoms with Gasteiger partial charge in [0.2, 0.25) is 11.8 Å². The zero-order valence-corrected chi connectivity index (χ0v) is 22.5. The molecule has 2 aromatic carbocycles. The summed E-state index contributed by atoms with van der Waals surface area (Å²) in [6.07, 6.45) is -5.07. The zero-order valence-electron chi connectivity index (χ0n) is 20.9. The number of amides is 2. The minimum atomic E-state index is -4.65. The van der Waals surface area contributed by atoms with Crippen molar-refractivity contribution in [2.75, 3.05) is 11.9 Å². The lowest BCUT2D eigenvalue weighted by Crippen LogP contribution is -2.50. The number of hydrogen-bond donors (Lipinski definition) is 2.